The lowest BCUT2D eigenvalue weighted by Crippen LogP contribution is -1.95. The van der Waals surface area contributed by atoms with Crippen LogP contribution in [0.2, 0.25) is 0 Å². The number of nitrogens with one attached hydrogen (secondary N) is 1. The number of nitriles is 1. The van der Waals surface area contributed by atoms with E-state index in [0.29, 0.717) is 23.7 Å². The van der Waals surface area contributed by atoms with Crippen LogP contribution in [-0.2, 0) is 12.8 Å². The van der Waals surface area contributed by atoms with Crippen LogP contribution < -0.4 is 9.47 Å². The lowest BCUT2D eigenvalue weighted by atomic mass is 10.1. The molecule has 2 aromatic rings. The molecule has 0 saturated carbocycles. The fraction of sp³-hybridized carbons (Fsp3) is 0.308. The molecule has 0 aliphatic carbocycles. The first-order chi connectivity index (χ1) is 9.26. The Hall–Kier alpha value is -2.55. The van der Waals surface area contributed by atoms with Crippen LogP contribution in [0, 0.1) is 11.3 Å². The number of hydrogen-bond donors (Lipinski definition) is 1. The van der Waals surface area contributed by atoms with Crippen LogP contribution in [0.15, 0.2) is 18.2 Å². The van der Waals surface area contributed by atoms with Gasteiger partial charge in [-0.2, -0.15) is 10.4 Å². The van der Waals surface area contributed by atoms with Crippen LogP contribution in [0.5, 0.6) is 11.5 Å². The maximum Gasteiger partial charge on any atom is 0.164 e. The van der Waals surface area contributed by atoms with Crippen LogP contribution in [0.4, 0.5) is 0 Å². The molecule has 2 rings (SSSR count). The largest absolute Gasteiger partial charge is 0.493 e. The average molecular weight is 258 g/mol. The first-order valence-electron chi connectivity index (χ1n) is 5.75. The van der Waals surface area contributed by atoms with Gasteiger partial charge in [-0.1, -0.05) is 6.07 Å². The summed E-state index contributed by atoms with van der Waals surface area (Å²) in [6, 6.07) is 7.69. The standard InChI is InChI=1S/C13H14N4O2/c1-18-10-4-3-9(7-11(10)19-2)8-13-15-12(5-6-14)16-17-13/h3-4,7H,5,8H2,1-2H3,(H,15,16,17). The normalized spacial score (nSPS) is 9.95. The molecule has 19 heavy (non-hydrogen) atoms. The van der Waals surface area contributed by atoms with Gasteiger partial charge in [0, 0.05) is 6.42 Å². The summed E-state index contributed by atoms with van der Waals surface area (Å²) in [5.74, 6) is 2.60. The molecule has 0 amide bonds. The van der Waals surface area contributed by atoms with Crippen molar-refractivity contribution in [3.05, 3.63) is 35.4 Å². The molecule has 1 aromatic carbocycles. The van der Waals surface area contributed by atoms with E-state index in [1.54, 1.807) is 14.2 Å². The summed E-state index contributed by atoms with van der Waals surface area (Å²) in [5.41, 5.74) is 1.03. The Kier molecular flexibility index (Phi) is 3.98. The zero-order valence-electron chi connectivity index (χ0n) is 10.8. The number of aromatic amines is 1. The third kappa shape index (κ3) is 3.01. The minimum atomic E-state index is 0.211. The number of hydrogen-bond acceptors (Lipinski definition) is 5. The minimum absolute atomic E-state index is 0.211. The van der Waals surface area contributed by atoms with Crippen molar-refractivity contribution in [2.75, 3.05) is 14.2 Å². The topological polar surface area (TPSA) is 83.8 Å². The Labute approximate surface area is 111 Å². The number of aromatic nitrogens is 3. The van der Waals surface area contributed by atoms with Gasteiger partial charge in [-0.15, -0.1) is 0 Å². The predicted molar refractivity (Wildman–Crippen MR) is 68.1 cm³/mol. The van der Waals surface area contributed by atoms with Crippen LogP contribution in [0.3, 0.4) is 0 Å². The minimum Gasteiger partial charge on any atom is -0.493 e. The van der Waals surface area contributed by atoms with Gasteiger partial charge in [-0.3, -0.25) is 5.10 Å². The molecular formula is C13H14N4O2. The first-order valence-corrected chi connectivity index (χ1v) is 5.75. The third-order valence-corrected chi connectivity index (χ3v) is 2.63. The Morgan fingerprint density at radius 2 is 2.05 bits per heavy atom. The highest BCUT2D eigenvalue weighted by Crippen LogP contribution is 2.28. The van der Waals surface area contributed by atoms with Gasteiger partial charge < -0.3 is 9.47 Å². The van der Waals surface area contributed by atoms with Crippen molar-refractivity contribution in [1.29, 1.82) is 5.26 Å². The first kappa shape index (κ1) is 12.9. The van der Waals surface area contributed by atoms with E-state index in [2.05, 4.69) is 15.2 Å². The highest BCUT2D eigenvalue weighted by atomic mass is 16.5. The molecule has 98 valence electrons. The Morgan fingerprint density at radius 1 is 1.26 bits per heavy atom. The van der Waals surface area contributed by atoms with Crippen molar-refractivity contribution in [2.45, 2.75) is 12.8 Å². The van der Waals surface area contributed by atoms with Crippen LogP contribution in [0.25, 0.3) is 0 Å². The van der Waals surface area contributed by atoms with Gasteiger partial charge in [0.15, 0.2) is 17.3 Å². The van der Waals surface area contributed by atoms with E-state index in [0.717, 1.165) is 11.4 Å². The molecule has 6 nitrogen and oxygen atoms in total. The van der Waals surface area contributed by atoms with Crippen LogP contribution >= 0.6 is 0 Å². The Balaban J connectivity index is 2.16. The van der Waals surface area contributed by atoms with Gasteiger partial charge in [0.1, 0.15) is 5.82 Å². The fourth-order valence-electron chi connectivity index (χ4n) is 1.75. The van der Waals surface area contributed by atoms with E-state index < -0.39 is 0 Å². The van der Waals surface area contributed by atoms with Gasteiger partial charge in [0.2, 0.25) is 0 Å². The van der Waals surface area contributed by atoms with Crippen molar-refractivity contribution in [1.82, 2.24) is 15.2 Å². The second-order valence-corrected chi connectivity index (χ2v) is 3.90. The van der Waals surface area contributed by atoms with Crippen LogP contribution in [-0.4, -0.2) is 29.4 Å². The SMILES string of the molecule is COc1ccc(Cc2nc(CC#N)n[nH]2)cc1OC. The number of benzene rings is 1. The van der Waals surface area contributed by atoms with E-state index in [-0.39, 0.29) is 6.42 Å². The van der Waals surface area contributed by atoms with E-state index >= 15 is 0 Å². The zero-order valence-corrected chi connectivity index (χ0v) is 10.8. The molecule has 0 fully saturated rings. The molecular weight excluding hydrogens is 244 g/mol. The maximum absolute atomic E-state index is 8.57. The van der Waals surface area contributed by atoms with Gasteiger partial charge in [-0.25, -0.2) is 4.98 Å². The molecule has 0 radical (unpaired) electrons. The fourth-order valence-corrected chi connectivity index (χ4v) is 1.75. The number of nitrogens with zero attached hydrogens (tertiary/aromatic N) is 3. The summed E-state index contributed by atoms with van der Waals surface area (Å²) in [4.78, 5) is 4.23. The zero-order chi connectivity index (χ0) is 13.7. The maximum atomic E-state index is 8.57. The summed E-state index contributed by atoms with van der Waals surface area (Å²) in [6.07, 6.45) is 0.807. The second-order valence-electron chi connectivity index (χ2n) is 3.90. The molecule has 0 unspecified atom stereocenters. The quantitative estimate of drug-likeness (QED) is 0.878. The molecule has 1 aromatic heterocycles. The van der Waals surface area contributed by atoms with E-state index in [1.165, 1.54) is 0 Å². The molecule has 0 atom stereocenters. The van der Waals surface area contributed by atoms with E-state index in [9.17, 15) is 0 Å². The number of rotatable bonds is 5. The predicted octanol–water partition coefficient (Wildman–Crippen LogP) is 1.48. The third-order valence-electron chi connectivity index (χ3n) is 2.63. The van der Waals surface area contributed by atoms with Crippen molar-refractivity contribution >= 4 is 0 Å². The summed E-state index contributed by atoms with van der Waals surface area (Å²) < 4.78 is 10.4. The number of H-pyrrole nitrogens is 1. The summed E-state index contributed by atoms with van der Waals surface area (Å²) in [5, 5.41) is 15.4. The lowest BCUT2D eigenvalue weighted by molar-refractivity contribution is 0.354. The molecule has 0 spiro atoms. The van der Waals surface area contributed by atoms with Gasteiger partial charge in [-0.05, 0) is 17.7 Å². The molecule has 1 heterocycles. The lowest BCUT2D eigenvalue weighted by Gasteiger charge is -2.08. The van der Waals surface area contributed by atoms with Gasteiger partial charge in [0.05, 0.1) is 26.7 Å². The van der Waals surface area contributed by atoms with E-state index in [1.807, 2.05) is 24.3 Å². The molecule has 0 aliphatic rings. The molecule has 1 N–H and O–H groups in total. The molecule has 0 aliphatic heterocycles. The van der Waals surface area contributed by atoms with Crippen molar-refractivity contribution in [3.8, 4) is 17.6 Å². The summed E-state index contributed by atoms with van der Waals surface area (Å²) in [7, 11) is 3.20. The van der Waals surface area contributed by atoms with Gasteiger partial charge in [0.25, 0.3) is 0 Å². The van der Waals surface area contributed by atoms with Crippen molar-refractivity contribution in [2.24, 2.45) is 0 Å². The van der Waals surface area contributed by atoms with Crippen molar-refractivity contribution in [3.63, 3.8) is 0 Å². The second kappa shape index (κ2) is 5.87. The summed E-state index contributed by atoms with van der Waals surface area (Å²) in [6.45, 7) is 0. The smallest absolute Gasteiger partial charge is 0.164 e. The highest BCUT2D eigenvalue weighted by Gasteiger charge is 2.08. The summed E-state index contributed by atoms with van der Waals surface area (Å²) >= 11 is 0. The molecule has 0 saturated heterocycles. The van der Waals surface area contributed by atoms with Crippen LogP contribution in [0.1, 0.15) is 17.2 Å². The van der Waals surface area contributed by atoms with Crippen molar-refractivity contribution < 1.29 is 9.47 Å². The Bertz CT molecular complexity index is 601. The molecule has 0 bridgehead atoms. The Morgan fingerprint density at radius 3 is 2.74 bits per heavy atom. The monoisotopic (exact) mass is 258 g/mol. The number of methoxy groups -OCH3 is 2. The van der Waals surface area contributed by atoms with Gasteiger partial charge >= 0.3 is 0 Å². The highest BCUT2D eigenvalue weighted by molar-refractivity contribution is 5.43. The molecule has 6 heteroatoms. The average Bonchev–Trinajstić information content (AvgIpc) is 2.86. The van der Waals surface area contributed by atoms with E-state index in [4.69, 9.17) is 14.7 Å². The number of ether oxygens (including phenoxy) is 2.